The van der Waals surface area contributed by atoms with Crippen LogP contribution in [0.15, 0.2) is 108 Å². The monoisotopic (exact) mass is 600 g/mol. The second-order valence-electron chi connectivity index (χ2n) is 10.1. The normalized spacial score (nSPS) is 12.1. The van der Waals surface area contributed by atoms with Crippen molar-refractivity contribution in [2.45, 2.75) is 39.0 Å². The van der Waals surface area contributed by atoms with E-state index in [2.05, 4.69) is 5.32 Å². The number of carbonyl (C=O) groups is 1. The molecule has 1 atom stereocenters. The minimum Gasteiger partial charge on any atom is -0.494 e. The van der Waals surface area contributed by atoms with Crippen LogP contribution in [0.4, 0.5) is 23.7 Å². The zero-order valence-corrected chi connectivity index (χ0v) is 24.2. The average Bonchev–Trinajstić information content (AvgIpc) is 3.02. The van der Waals surface area contributed by atoms with Gasteiger partial charge < -0.3 is 15.0 Å². The summed E-state index contributed by atoms with van der Waals surface area (Å²) < 4.78 is 46.5. The van der Waals surface area contributed by atoms with E-state index in [-0.39, 0.29) is 17.8 Å². The molecule has 0 radical (unpaired) electrons. The molecule has 5 rings (SSSR count). The Balaban J connectivity index is 1.62. The third-order valence-corrected chi connectivity index (χ3v) is 7.19. The minimum absolute atomic E-state index is 0.151. The number of para-hydroxylation sites is 1. The van der Waals surface area contributed by atoms with Crippen LogP contribution in [-0.4, -0.2) is 27.1 Å². The summed E-state index contributed by atoms with van der Waals surface area (Å²) in [6.45, 7) is 4.41. The van der Waals surface area contributed by atoms with E-state index in [1.165, 1.54) is 16.7 Å². The van der Waals surface area contributed by atoms with Gasteiger partial charge in [0, 0.05) is 12.2 Å². The highest BCUT2D eigenvalue weighted by Crippen LogP contribution is 2.31. The number of aromatic nitrogens is 2. The molecule has 7 nitrogen and oxygen atoms in total. The van der Waals surface area contributed by atoms with E-state index in [0.717, 1.165) is 17.7 Å². The van der Waals surface area contributed by atoms with Crippen LogP contribution in [0.3, 0.4) is 0 Å². The van der Waals surface area contributed by atoms with Crippen LogP contribution in [0.1, 0.15) is 43.3 Å². The number of hydrogen-bond donors (Lipinski definition) is 1. The highest BCUT2D eigenvalue weighted by atomic mass is 19.4. The van der Waals surface area contributed by atoms with Crippen molar-refractivity contribution in [1.29, 1.82) is 0 Å². The van der Waals surface area contributed by atoms with E-state index < -0.39 is 23.8 Å². The Morgan fingerprint density at radius 3 is 2.20 bits per heavy atom. The Kier molecular flexibility index (Phi) is 8.99. The molecule has 0 aliphatic heterocycles. The van der Waals surface area contributed by atoms with Crippen LogP contribution in [0, 0.1) is 0 Å². The Hall–Kier alpha value is -5.12. The Morgan fingerprint density at radius 2 is 1.57 bits per heavy atom. The van der Waals surface area contributed by atoms with E-state index in [1.807, 2.05) is 44.2 Å². The van der Waals surface area contributed by atoms with E-state index in [1.54, 1.807) is 53.4 Å². The molecule has 44 heavy (non-hydrogen) atoms. The molecule has 1 heterocycles. The van der Waals surface area contributed by atoms with Gasteiger partial charge in [-0.05, 0) is 79.6 Å². The zero-order valence-electron chi connectivity index (χ0n) is 24.2. The van der Waals surface area contributed by atoms with Crippen LogP contribution in [0.25, 0.3) is 16.6 Å². The fraction of sp³-hybridized carbons (Fsp3) is 0.206. The van der Waals surface area contributed by atoms with Gasteiger partial charge in [-0.15, -0.1) is 0 Å². The summed E-state index contributed by atoms with van der Waals surface area (Å²) in [6, 6.07) is 26.4. The molecular weight excluding hydrogens is 569 g/mol. The first-order chi connectivity index (χ1) is 21.2. The number of urea groups is 1. The number of rotatable bonds is 9. The lowest BCUT2D eigenvalue weighted by Crippen LogP contribution is -2.40. The van der Waals surface area contributed by atoms with Crippen molar-refractivity contribution in [2.24, 2.45) is 0 Å². The molecule has 0 bridgehead atoms. The van der Waals surface area contributed by atoms with Crippen molar-refractivity contribution in [3.05, 3.63) is 130 Å². The van der Waals surface area contributed by atoms with Gasteiger partial charge in [-0.1, -0.05) is 49.4 Å². The first-order valence-electron chi connectivity index (χ1n) is 14.2. The van der Waals surface area contributed by atoms with E-state index in [9.17, 15) is 22.8 Å². The second-order valence-corrected chi connectivity index (χ2v) is 10.1. The Bertz CT molecular complexity index is 1790. The smallest absolute Gasteiger partial charge is 0.416 e. The van der Waals surface area contributed by atoms with Gasteiger partial charge in [0.15, 0.2) is 0 Å². The Morgan fingerprint density at radius 1 is 0.909 bits per heavy atom. The van der Waals surface area contributed by atoms with Gasteiger partial charge in [0.1, 0.15) is 11.6 Å². The fourth-order valence-electron chi connectivity index (χ4n) is 5.06. The number of hydrogen-bond acceptors (Lipinski definition) is 4. The number of halogens is 3. The molecule has 0 aliphatic carbocycles. The molecule has 226 valence electrons. The van der Waals surface area contributed by atoms with Crippen molar-refractivity contribution in [3.63, 3.8) is 0 Å². The van der Waals surface area contributed by atoms with Crippen LogP contribution >= 0.6 is 0 Å². The number of nitrogens with one attached hydrogen (secondary N) is 1. The first kappa shape index (κ1) is 30.3. The highest BCUT2D eigenvalue weighted by molar-refractivity contribution is 5.89. The highest BCUT2D eigenvalue weighted by Gasteiger charge is 2.31. The molecule has 10 heteroatoms. The third-order valence-electron chi connectivity index (χ3n) is 7.19. The van der Waals surface area contributed by atoms with Gasteiger partial charge in [-0.2, -0.15) is 13.2 Å². The lowest BCUT2D eigenvalue weighted by molar-refractivity contribution is -0.137. The maximum absolute atomic E-state index is 14.0. The van der Waals surface area contributed by atoms with Crippen LogP contribution in [-0.2, 0) is 12.7 Å². The number of nitrogens with zero attached hydrogens (tertiary/aromatic N) is 3. The number of fused-ring (bicyclic) bond motifs is 1. The molecule has 0 saturated heterocycles. The summed E-state index contributed by atoms with van der Waals surface area (Å²) in [4.78, 5) is 34.4. The zero-order chi connectivity index (χ0) is 31.3. The summed E-state index contributed by atoms with van der Waals surface area (Å²) >= 11 is 0. The first-order valence-corrected chi connectivity index (χ1v) is 14.2. The predicted octanol–water partition coefficient (Wildman–Crippen LogP) is 7.99. The predicted molar refractivity (Wildman–Crippen MR) is 164 cm³/mol. The molecule has 4 aromatic carbocycles. The molecule has 5 aromatic rings. The van der Waals surface area contributed by atoms with Crippen molar-refractivity contribution in [3.8, 4) is 11.4 Å². The number of benzene rings is 4. The summed E-state index contributed by atoms with van der Waals surface area (Å²) in [5.41, 5.74) is 0.943. The van der Waals surface area contributed by atoms with Gasteiger partial charge >= 0.3 is 12.2 Å². The third kappa shape index (κ3) is 6.59. The number of ether oxygens (including phenoxy) is 1. The molecule has 2 amide bonds. The molecule has 0 fully saturated rings. The van der Waals surface area contributed by atoms with Crippen molar-refractivity contribution in [1.82, 2.24) is 14.5 Å². The van der Waals surface area contributed by atoms with E-state index in [0.29, 0.717) is 41.2 Å². The van der Waals surface area contributed by atoms with Gasteiger partial charge in [0.05, 0.1) is 34.8 Å². The number of carbonyl (C=O) groups excluding carboxylic acids is 1. The van der Waals surface area contributed by atoms with Crippen molar-refractivity contribution < 1.29 is 22.7 Å². The van der Waals surface area contributed by atoms with Crippen LogP contribution in [0.2, 0.25) is 0 Å². The quantitative estimate of drug-likeness (QED) is 0.186. The lowest BCUT2D eigenvalue weighted by atomic mass is 10.1. The molecule has 0 spiro atoms. The molecular formula is C34H31F3N4O3. The van der Waals surface area contributed by atoms with Crippen LogP contribution in [0.5, 0.6) is 5.75 Å². The van der Waals surface area contributed by atoms with Gasteiger partial charge in [0.2, 0.25) is 0 Å². The Labute approximate surface area is 252 Å². The van der Waals surface area contributed by atoms with Gasteiger partial charge in [-0.25, -0.2) is 9.78 Å². The summed E-state index contributed by atoms with van der Waals surface area (Å²) in [5.74, 6) is 0.993. The van der Waals surface area contributed by atoms with Gasteiger partial charge in [0.25, 0.3) is 5.56 Å². The standard InChI is InChI=1S/C34H31F3N4O3/c1-3-30(31-39-29-13-9-8-12-28(29)32(42)41(31)26-18-20-27(21-19-26)44-4-2)40(22-23-10-6-5-7-11-23)33(43)38-25-16-14-24(15-17-25)34(35,36)37/h5-21,30H,3-4,22H2,1-2H3,(H,38,43). The summed E-state index contributed by atoms with van der Waals surface area (Å²) in [7, 11) is 0. The molecule has 1 N–H and O–H groups in total. The topological polar surface area (TPSA) is 76.5 Å². The second kappa shape index (κ2) is 13.0. The fourth-order valence-corrected chi connectivity index (χ4v) is 5.06. The SMILES string of the molecule is CCOc1ccc(-n2c(C(CC)N(Cc3ccccc3)C(=O)Nc3ccc(C(F)(F)F)cc3)nc3ccccc3c2=O)cc1. The molecule has 0 saturated carbocycles. The summed E-state index contributed by atoms with van der Waals surface area (Å²) in [5, 5.41) is 3.17. The largest absolute Gasteiger partial charge is 0.494 e. The number of alkyl halides is 3. The van der Waals surface area contributed by atoms with E-state index in [4.69, 9.17) is 9.72 Å². The number of anilines is 1. The van der Waals surface area contributed by atoms with Crippen LogP contribution < -0.4 is 15.6 Å². The molecule has 1 unspecified atom stereocenters. The molecule has 1 aromatic heterocycles. The van der Waals surface area contributed by atoms with Crippen molar-refractivity contribution in [2.75, 3.05) is 11.9 Å². The minimum atomic E-state index is -4.50. The number of amides is 2. The maximum Gasteiger partial charge on any atom is 0.416 e. The maximum atomic E-state index is 14.0. The van der Waals surface area contributed by atoms with Gasteiger partial charge in [-0.3, -0.25) is 9.36 Å². The van der Waals surface area contributed by atoms with E-state index >= 15 is 0 Å². The van der Waals surface area contributed by atoms with Crippen molar-refractivity contribution >= 4 is 22.6 Å². The average molecular weight is 601 g/mol. The lowest BCUT2D eigenvalue weighted by Gasteiger charge is -2.32. The molecule has 0 aliphatic rings. The summed E-state index contributed by atoms with van der Waals surface area (Å²) in [6.07, 6.45) is -4.11.